The van der Waals surface area contributed by atoms with Gasteiger partial charge in [0.25, 0.3) is 5.91 Å². The van der Waals surface area contributed by atoms with Gasteiger partial charge in [0.05, 0.1) is 6.04 Å². The van der Waals surface area contributed by atoms with Gasteiger partial charge in [-0.1, -0.05) is 50.1 Å². The molecule has 2 aliphatic carbocycles. The van der Waals surface area contributed by atoms with Crippen LogP contribution in [0.15, 0.2) is 30.3 Å². The molecule has 5 nitrogen and oxygen atoms in total. The topological polar surface area (TPSA) is 49.9 Å². The van der Waals surface area contributed by atoms with E-state index in [0.29, 0.717) is 5.92 Å². The van der Waals surface area contributed by atoms with E-state index >= 15 is 0 Å². The molecule has 0 spiro atoms. The fourth-order valence-electron chi connectivity index (χ4n) is 4.79. The Kier molecular flexibility index (Phi) is 6.00. The second-order valence-electron chi connectivity index (χ2n) is 8.55. The minimum atomic E-state index is -0.606. The maximum atomic E-state index is 13.6. The summed E-state index contributed by atoms with van der Waals surface area (Å²) in [6.45, 7) is 3.71. The molecule has 0 unspecified atom stereocenters. The Morgan fingerprint density at radius 1 is 1.14 bits per heavy atom. The first-order chi connectivity index (χ1) is 13.7. The van der Waals surface area contributed by atoms with E-state index in [2.05, 4.69) is 6.92 Å². The van der Waals surface area contributed by atoms with Crippen molar-refractivity contribution in [1.29, 1.82) is 0 Å². The molecular formula is C23H32N2O3. The Labute approximate surface area is 168 Å². The van der Waals surface area contributed by atoms with Crippen LogP contribution in [-0.4, -0.2) is 53.5 Å². The van der Waals surface area contributed by atoms with E-state index in [-0.39, 0.29) is 30.5 Å². The zero-order valence-electron chi connectivity index (χ0n) is 16.9. The Hall–Kier alpha value is -1.88. The summed E-state index contributed by atoms with van der Waals surface area (Å²) in [5.74, 6) is 0.717. The van der Waals surface area contributed by atoms with Crippen molar-refractivity contribution in [2.24, 2.45) is 5.92 Å². The van der Waals surface area contributed by atoms with Crippen LogP contribution in [0.5, 0.6) is 0 Å². The normalized spacial score (nSPS) is 25.9. The number of carbonyl (C=O) groups is 2. The van der Waals surface area contributed by atoms with Crippen LogP contribution in [0.1, 0.15) is 63.5 Å². The van der Waals surface area contributed by atoms with Crippen LogP contribution in [-0.2, 0) is 14.3 Å². The number of carbonyl (C=O) groups excluding carboxylic acids is 2. The Morgan fingerprint density at radius 3 is 2.50 bits per heavy atom. The number of nitrogens with zero attached hydrogens (tertiary/aromatic N) is 2. The molecule has 3 fully saturated rings. The van der Waals surface area contributed by atoms with Crippen molar-refractivity contribution in [2.45, 2.75) is 70.1 Å². The average molecular weight is 385 g/mol. The standard InChI is InChI=1S/C23H32N2O3/c1-2-14-24(15-17-12-13-17)23(27)22-21(18-8-4-3-5-9-18)25(20(26)16-28-22)19-10-6-7-11-19/h3-5,8-9,17,19,21-22H,2,6-7,10-16H2,1H3/t21-,22+/m0/s1. The van der Waals surface area contributed by atoms with Gasteiger partial charge in [-0.05, 0) is 43.6 Å². The Morgan fingerprint density at radius 2 is 1.86 bits per heavy atom. The van der Waals surface area contributed by atoms with Crippen molar-refractivity contribution in [2.75, 3.05) is 19.7 Å². The van der Waals surface area contributed by atoms with Crippen molar-refractivity contribution in [3.05, 3.63) is 35.9 Å². The molecule has 0 N–H and O–H groups in total. The monoisotopic (exact) mass is 384 g/mol. The number of morpholine rings is 1. The van der Waals surface area contributed by atoms with Crippen LogP contribution in [0.3, 0.4) is 0 Å². The number of benzene rings is 1. The maximum absolute atomic E-state index is 13.6. The third-order valence-electron chi connectivity index (χ3n) is 6.34. The largest absolute Gasteiger partial charge is 0.356 e. The lowest BCUT2D eigenvalue weighted by molar-refractivity contribution is -0.173. The number of hydrogen-bond donors (Lipinski definition) is 0. The molecule has 1 heterocycles. The highest BCUT2D eigenvalue weighted by Crippen LogP contribution is 2.38. The van der Waals surface area contributed by atoms with Crippen LogP contribution >= 0.6 is 0 Å². The summed E-state index contributed by atoms with van der Waals surface area (Å²) in [6, 6.07) is 9.90. The van der Waals surface area contributed by atoms with Crippen molar-refractivity contribution in [3.63, 3.8) is 0 Å². The van der Waals surface area contributed by atoms with Crippen LogP contribution in [0.2, 0.25) is 0 Å². The van der Waals surface area contributed by atoms with E-state index in [4.69, 9.17) is 4.74 Å². The Bertz CT molecular complexity index is 682. The molecule has 28 heavy (non-hydrogen) atoms. The first-order valence-corrected chi connectivity index (χ1v) is 11.0. The lowest BCUT2D eigenvalue weighted by Gasteiger charge is -2.45. The molecule has 1 aliphatic heterocycles. The van der Waals surface area contributed by atoms with E-state index in [1.165, 1.54) is 12.8 Å². The molecule has 2 saturated carbocycles. The maximum Gasteiger partial charge on any atom is 0.254 e. The van der Waals surface area contributed by atoms with Gasteiger partial charge < -0.3 is 14.5 Å². The first-order valence-electron chi connectivity index (χ1n) is 11.0. The average Bonchev–Trinajstić information content (AvgIpc) is 3.37. The molecular weight excluding hydrogens is 352 g/mol. The van der Waals surface area contributed by atoms with Crippen molar-refractivity contribution in [3.8, 4) is 0 Å². The zero-order valence-corrected chi connectivity index (χ0v) is 16.9. The van der Waals surface area contributed by atoms with Crippen LogP contribution in [0, 0.1) is 5.92 Å². The van der Waals surface area contributed by atoms with Crippen molar-refractivity contribution in [1.82, 2.24) is 9.80 Å². The minimum absolute atomic E-state index is 0.0135. The molecule has 3 aliphatic rings. The van der Waals surface area contributed by atoms with E-state index in [1.54, 1.807) is 0 Å². The first kappa shape index (κ1) is 19.4. The van der Waals surface area contributed by atoms with Gasteiger partial charge in [-0.15, -0.1) is 0 Å². The SMILES string of the molecule is CCCN(CC1CC1)C(=O)[C@@H]1OCC(=O)N(C2CCCC2)[C@H]1c1ccccc1. The fourth-order valence-corrected chi connectivity index (χ4v) is 4.79. The highest BCUT2D eigenvalue weighted by Gasteiger charge is 2.46. The molecule has 2 amide bonds. The van der Waals surface area contributed by atoms with Crippen LogP contribution < -0.4 is 0 Å². The lowest BCUT2D eigenvalue weighted by Crippen LogP contribution is -2.57. The van der Waals surface area contributed by atoms with Gasteiger partial charge in [0, 0.05) is 19.1 Å². The molecule has 5 heteroatoms. The smallest absolute Gasteiger partial charge is 0.254 e. The van der Waals surface area contributed by atoms with Gasteiger partial charge in [0.1, 0.15) is 6.61 Å². The molecule has 0 radical (unpaired) electrons. The van der Waals surface area contributed by atoms with Gasteiger partial charge in [0.15, 0.2) is 6.10 Å². The summed E-state index contributed by atoms with van der Waals surface area (Å²) >= 11 is 0. The van der Waals surface area contributed by atoms with Crippen molar-refractivity contribution < 1.29 is 14.3 Å². The number of amides is 2. The van der Waals surface area contributed by atoms with Gasteiger partial charge >= 0.3 is 0 Å². The number of ether oxygens (including phenoxy) is 1. The third kappa shape index (κ3) is 4.09. The molecule has 1 aromatic carbocycles. The van der Waals surface area contributed by atoms with Gasteiger partial charge in [0.2, 0.25) is 5.91 Å². The zero-order chi connectivity index (χ0) is 19.5. The predicted molar refractivity (Wildman–Crippen MR) is 108 cm³/mol. The van der Waals surface area contributed by atoms with Crippen LogP contribution in [0.4, 0.5) is 0 Å². The lowest BCUT2D eigenvalue weighted by atomic mass is 9.94. The summed E-state index contributed by atoms with van der Waals surface area (Å²) in [4.78, 5) is 30.4. The van der Waals surface area contributed by atoms with Gasteiger partial charge in [-0.2, -0.15) is 0 Å². The van der Waals surface area contributed by atoms with E-state index in [0.717, 1.165) is 50.8 Å². The van der Waals surface area contributed by atoms with E-state index in [9.17, 15) is 9.59 Å². The highest BCUT2D eigenvalue weighted by molar-refractivity contribution is 5.86. The predicted octanol–water partition coefficient (Wildman–Crippen LogP) is 3.55. The second-order valence-corrected chi connectivity index (χ2v) is 8.55. The molecule has 0 aromatic heterocycles. The molecule has 2 atom stereocenters. The molecule has 1 saturated heterocycles. The molecule has 1 aromatic rings. The third-order valence-corrected chi connectivity index (χ3v) is 6.34. The second kappa shape index (κ2) is 8.64. The Balaban J connectivity index is 1.65. The summed E-state index contributed by atoms with van der Waals surface area (Å²) in [5.41, 5.74) is 1.00. The van der Waals surface area contributed by atoms with Gasteiger partial charge in [-0.25, -0.2) is 0 Å². The number of hydrogen-bond acceptors (Lipinski definition) is 3. The summed E-state index contributed by atoms with van der Waals surface area (Å²) in [5, 5.41) is 0. The molecule has 152 valence electrons. The van der Waals surface area contributed by atoms with Crippen molar-refractivity contribution >= 4 is 11.8 Å². The summed E-state index contributed by atoms with van der Waals surface area (Å²) in [7, 11) is 0. The van der Waals surface area contributed by atoms with E-state index < -0.39 is 6.10 Å². The van der Waals surface area contributed by atoms with Crippen LogP contribution in [0.25, 0.3) is 0 Å². The van der Waals surface area contributed by atoms with Gasteiger partial charge in [-0.3, -0.25) is 9.59 Å². The number of rotatable bonds is 7. The molecule has 0 bridgehead atoms. The highest BCUT2D eigenvalue weighted by atomic mass is 16.5. The van der Waals surface area contributed by atoms with E-state index in [1.807, 2.05) is 40.1 Å². The quantitative estimate of drug-likeness (QED) is 0.722. The summed E-state index contributed by atoms with van der Waals surface area (Å²) in [6.07, 6.45) is 7.12. The fraction of sp³-hybridized carbons (Fsp3) is 0.652. The minimum Gasteiger partial charge on any atom is -0.356 e. The summed E-state index contributed by atoms with van der Waals surface area (Å²) < 4.78 is 5.96. The molecule has 4 rings (SSSR count).